The van der Waals surface area contributed by atoms with Gasteiger partial charge in [0.2, 0.25) is 0 Å². The summed E-state index contributed by atoms with van der Waals surface area (Å²) in [7, 11) is 0. The number of nitrogens with zero attached hydrogens (tertiary/aromatic N) is 1. The Hall–Kier alpha value is -1.39. The fourth-order valence-corrected chi connectivity index (χ4v) is 2.51. The number of pyridine rings is 1. The molecule has 0 radical (unpaired) electrons. The van der Waals surface area contributed by atoms with Crippen molar-refractivity contribution in [1.82, 2.24) is 4.98 Å². The zero-order chi connectivity index (χ0) is 12.3. The number of hydrogen-bond acceptors (Lipinski definition) is 3. The van der Waals surface area contributed by atoms with Crippen LogP contribution in [0, 0.1) is 5.82 Å². The Labute approximate surface area is 104 Å². The first-order chi connectivity index (χ1) is 8.16. The SMILES string of the molecule is C[C@@H](N)c1cc(F)ccc1Sc1ccncc1. The monoisotopic (exact) mass is 248 g/mol. The molecule has 1 heterocycles. The van der Waals surface area contributed by atoms with Crippen LogP contribution in [0.3, 0.4) is 0 Å². The zero-order valence-electron chi connectivity index (χ0n) is 9.43. The largest absolute Gasteiger partial charge is 0.324 e. The molecular weight excluding hydrogens is 235 g/mol. The fourth-order valence-electron chi connectivity index (χ4n) is 1.50. The third kappa shape index (κ3) is 3.05. The predicted molar refractivity (Wildman–Crippen MR) is 67.4 cm³/mol. The van der Waals surface area contributed by atoms with Crippen LogP contribution in [0.5, 0.6) is 0 Å². The van der Waals surface area contributed by atoms with E-state index in [9.17, 15) is 4.39 Å². The van der Waals surface area contributed by atoms with Gasteiger partial charge in [-0.3, -0.25) is 4.98 Å². The van der Waals surface area contributed by atoms with Crippen LogP contribution in [0.1, 0.15) is 18.5 Å². The van der Waals surface area contributed by atoms with E-state index in [2.05, 4.69) is 4.98 Å². The van der Waals surface area contributed by atoms with E-state index >= 15 is 0 Å². The number of benzene rings is 1. The fraction of sp³-hybridized carbons (Fsp3) is 0.154. The molecule has 0 aliphatic heterocycles. The maximum Gasteiger partial charge on any atom is 0.123 e. The van der Waals surface area contributed by atoms with E-state index in [-0.39, 0.29) is 11.9 Å². The second kappa shape index (κ2) is 5.29. The van der Waals surface area contributed by atoms with Gasteiger partial charge in [0, 0.05) is 28.2 Å². The highest BCUT2D eigenvalue weighted by Gasteiger charge is 2.09. The maximum absolute atomic E-state index is 13.2. The van der Waals surface area contributed by atoms with Crippen molar-refractivity contribution in [2.24, 2.45) is 5.73 Å². The molecule has 2 nitrogen and oxygen atoms in total. The van der Waals surface area contributed by atoms with Crippen LogP contribution in [0.15, 0.2) is 52.5 Å². The number of nitrogens with two attached hydrogens (primary N) is 1. The van der Waals surface area contributed by atoms with Crippen LogP contribution >= 0.6 is 11.8 Å². The highest BCUT2D eigenvalue weighted by Crippen LogP contribution is 2.32. The Morgan fingerprint density at radius 1 is 1.24 bits per heavy atom. The lowest BCUT2D eigenvalue weighted by Gasteiger charge is -2.12. The topological polar surface area (TPSA) is 38.9 Å². The van der Waals surface area contributed by atoms with Crippen molar-refractivity contribution in [3.05, 3.63) is 54.1 Å². The Balaban J connectivity index is 2.33. The molecule has 17 heavy (non-hydrogen) atoms. The van der Waals surface area contributed by atoms with E-state index in [1.807, 2.05) is 19.1 Å². The molecule has 0 saturated carbocycles. The van der Waals surface area contributed by atoms with Crippen LogP contribution in [0.2, 0.25) is 0 Å². The van der Waals surface area contributed by atoms with Crippen molar-refractivity contribution in [3.8, 4) is 0 Å². The van der Waals surface area contributed by atoms with E-state index in [1.54, 1.807) is 30.2 Å². The minimum Gasteiger partial charge on any atom is -0.324 e. The van der Waals surface area contributed by atoms with Gasteiger partial charge in [-0.25, -0.2) is 4.39 Å². The van der Waals surface area contributed by atoms with Gasteiger partial charge >= 0.3 is 0 Å². The average molecular weight is 248 g/mol. The van der Waals surface area contributed by atoms with Gasteiger partial charge in [0.15, 0.2) is 0 Å². The first-order valence-corrected chi connectivity index (χ1v) is 6.11. The number of hydrogen-bond donors (Lipinski definition) is 1. The van der Waals surface area contributed by atoms with Gasteiger partial charge < -0.3 is 5.73 Å². The summed E-state index contributed by atoms with van der Waals surface area (Å²) in [5.41, 5.74) is 6.67. The molecule has 0 spiro atoms. The highest BCUT2D eigenvalue weighted by atomic mass is 32.2. The molecule has 4 heteroatoms. The minimum atomic E-state index is -0.253. The predicted octanol–water partition coefficient (Wildman–Crippen LogP) is 3.39. The van der Waals surface area contributed by atoms with Crippen molar-refractivity contribution in [2.75, 3.05) is 0 Å². The lowest BCUT2D eigenvalue weighted by atomic mass is 10.1. The van der Waals surface area contributed by atoms with Gasteiger partial charge in [-0.1, -0.05) is 11.8 Å². The third-order valence-electron chi connectivity index (χ3n) is 2.34. The Morgan fingerprint density at radius 2 is 1.94 bits per heavy atom. The molecule has 0 unspecified atom stereocenters. The standard InChI is InChI=1S/C13H13FN2S/c1-9(15)12-8-10(14)2-3-13(12)17-11-4-6-16-7-5-11/h2-9H,15H2,1H3/t9-/m1/s1. The molecule has 0 saturated heterocycles. The summed E-state index contributed by atoms with van der Waals surface area (Å²) < 4.78 is 13.2. The Morgan fingerprint density at radius 3 is 2.59 bits per heavy atom. The molecule has 0 amide bonds. The normalized spacial score (nSPS) is 12.4. The number of aromatic nitrogens is 1. The summed E-state index contributed by atoms with van der Waals surface area (Å²) in [4.78, 5) is 6.00. The molecule has 0 bridgehead atoms. The van der Waals surface area contributed by atoms with E-state index in [0.717, 1.165) is 15.4 Å². The summed E-state index contributed by atoms with van der Waals surface area (Å²) in [5.74, 6) is -0.253. The smallest absolute Gasteiger partial charge is 0.123 e. The lowest BCUT2D eigenvalue weighted by molar-refractivity contribution is 0.619. The number of rotatable bonds is 3. The van der Waals surface area contributed by atoms with Crippen LogP contribution in [0.25, 0.3) is 0 Å². The second-order valence-electron chi connectivity index (χ2n) is 3.76. The molecular formula is C13H13FN2S. The van der Waals surface area contributed by atoms with Gasteiger partial charge in [0.25, 0.3) is 0 Å². The summed E-state index contributed by atoms with van der Waals surface area (Å²) >= 11 is 1.56. The molecule has 2 rings (SSSR count). The molecule has 0 fully saturated rings. The summed E-state index contributed by atoms with van der Waals surface area (Å²) in [6, 6.07) is 8.36. The van der Waals surface area contributed by atoms with Crippen LogP contribution in [-0.4, -0.2) is 4.98 Å². The van der Waals surface area contributed by atoms with Crippen molar-refractivity contribution < 1.29 is 4.39 Å². The summed E-state index contributed by atoms with van der Waals surface area (Å²) in [6.07, 6.45) is 3.47. The van der Waals surface area contributed by atoms with E-state index in [4.69, 9.17) is 5.73 Å². The zero-order valence-corrected chi connectivity index (χ0v) is 10.2. The molecule has 88 valence electrons. The highest BCUT2D eigenvalue weighted by molar-refractivity contribution is 7.99. The van der Waals surface area contributed by atoms with Gasteiger partial charge in [-0.05, 0) is 42.8 Å². The van der Waals surface area contributed by atoms with Crippen molar-refractivity contribution in [3.63, 3.8) is 0 Å². The van der Waals surface area contributed by atoms with Crippen molar-refractivity contribution in [2.45, 2.75) is 22.8 Å². The Kier molecular flexibility index (Phi) is 3.76. The summed E-state index contributed by atoms with van der Waals surface area (Å²) in [5, 5.41) is 0. The minimum absolute atomic E-state index is 0.185. The average Bonchev–Trinajstić information content (AvgIpc) is 2.32. The second-order valence-corrected chi connectivity index (χ2v) is 4.87. The van der Waals surface area contributed by atoms with Gasteiger partial charge in [-0.2, -0.15) is 0 Å². The van der Waals surface area contributed by atoms with Gasteiger partial charge in [-0.15, -0.1) is 0 Å². The lowest BCUT2D eigenvalue weighted by Crippen LogP contribution is -2.06. The Bertz CT molecular complexity index is 500. The summed E-state index contributed by atoms with van der Waals surface area (Å²) in [6.45, 7) is 1.85. The first kappa shape index (κ1) is 12.1. The molecule has 2 aromatic rings. The molecule has 1 atom stereocenters. The van der Waals surface area contributed by atoms with Crippen LogP contribution in [-0.2, 0) is 0 Å². The van der Waals surface area contributed by atoms with Gasteiger partial charge in [0.1, 0.15) is 5.82 Å². The quantitative estimate of drug-likeness (QED) is 0.905. The number of halogens is 1. The van der Waals surface area contributed by atoms with Crippen LogP contribution < -0.4 is 5.73 Å². The molecule has 0 aliphatic rings. The molecule has 1 aromatic heterocycles. The first-order valence-electron chi connectivity index (χ1n) is 5.30. The third-order valence-corrected chi connectivity index (χ3v) is 3.44. The van der Waals surface area contributed by atoms with Crippen molar-refractivity contribution >= 4 is 11.8 Å². The molecule has 0 aliphatic carbocycles. The van der Waals surface area contributed by atoms with Gasteiger partial charge in [0.05, 0.1) is 0 Å². The molecule has 2 N–H and O–H groups in total. The maximum atomic E-state index is 13.2. The molecule has 1 aromatic carbocycles. The van der Waals surface area contributed by atoms with Crippen LogP contribution in [0.4, 0.5) is 4.39 Å². The van der Waals surface area contributed by atoms with Crippen molar-refractivity contribution in [1.29, 1.82) is 0 Å². The van der Waals surface area contributed by atoms with E-state index < -0.39 is 0 Å². The van der Waals surface area contributed by atoms with E-state index in [1.165, 1.54) is 12.1 Å². The van der Waals surface area contributed by atoms with E-state index in [0.29, 0.717) is 0 Å².